The Kier molecular flexibility index (Phi) is 5.58. The lowest BCUT2D eigenvalue weighted by atomic mass is 9.92. The monoisotopic (exact) mass is 422 g/mol. The Labute approximate surface area is 179 Å². The SMILES string of the molecule is CC(=O)c1ccc(NC(=O)Cn2nc3c(N4CC(C)CC(C)C4)nccn3c2=O)cc1. The molecule has 9 nitrogen and oxygen atoms in total. The highest BCUT2D eigenvalue weighted by Gasteiger charge is 2.25. The molecule has 1 aliphatic rings. The zero-order valence-corrected chi connectivity index (χ0v) is 17.9. The number of benzene rings is 1. The van der Waals surface area contributed by atoms with E-state index in [1.807, 2.05) is 0 Å². The number of ketones is 1. The highest BCUT2D eigenvalue weighted by atomic mass is 16.2. The second-order valence-corrected chi connectivity index (χ2v) is 8.42. The normalized spacial score (nSPS) is 18.9. The van der Waals surface area contributed by atoms with Crippen LogP contribution in [0.3, 0.4) is 0 Å². The van der Waals surface area contributed by atoms with Gasteiger partial charge in [-0.25, -0.2) is 18.9 Å². The van der Waals surface area contributed by atoms with E-state index in [9.17, 15) is 14.4 Å². The molecule has 0 aliphatic carbocycles. The quantitative estimate of drug-likeness (QED) is 0.633. The first-order valence-electron chi connectivity index (χ1n) is 10.4. The average Bonchev–Trinajstić information content (AvgIpc) is 3.03. The van der Waals surface area contributed by atoms with Crippen molar-refractivity contribution in [1.82, 2.24) is 19.2 Å². The van der Waals surface area contributed by atoms with Gasteiger partial charge in [0.05, 0.1) is 0 Å². The van der Waals surface area contributed by atoms with Crippen LogP contribution in [-0.2, 0) is 11.3 Å². The maximum Gasteiger partial charge on any atom is 0.350 e. The number of hydrogen-bond donors (Lipinski definition) is 1. The highest BCUT2D eigenvalue weighted by molar-refractivity contribution is 5.95. The molecule has 9 heteroatoms. The number of Topliss-reactive ketones (excluding diaryl/α,β-unsaturated/α-hetero) is 1. The highest BCUT2D eigenvalue weighted by Crippen LogP contribution is 2.26. The Bertz CT molecular complexity index is 1170. The number of nitrogens with zero attached hydrogens (tertiary/aromatic N) is 5. The fourth-order valence-corrected chi connectivity index (χ4v) is 4.22. The van der Waals surface area contributed by atoms with Gasteiger partial charge in [0.25, 0.3) is 0 Å². The molecule has 3 heterocycles. The molecular formula is C22H26N6O3. The second kappa shape index (κ2) is 8.33. The number of fused-ring (bicyclic) bond motifs is 1. The maximum absolute atomic E-state index is 12.8. The molecule has 0 saturated carbocycles. The minimum absolute atomic E-state index is 0.0453. The predicted molar refractivity (Wildman–Crippen MR) is 117 cm³/mol. The molecule has 1 aromatic carbocycles. The van der Waals surface area contributed by atoms with Crippen LogP contribution in [-0.4, -0.2) is 43.9 Å². The molecule has 1 saturated heterocycles. The van der Waals surface area contributed by atoms with Gasteiger partial charge >= 0.3 is 5.69 Å². The van der Waals surface area contributed by atoms with Crippen molar-refractivity contribution in [3.8, 4) is 0 Å². The zero-order chi connectivity index (χ0) is 22.1. The Morgan fingerprint density at radius 2 is 1.81 bits per heavy atom. The van der Waals surface area contributed by atoms with Crippen molar-refractivity contribution in [3.05, 3.63) is 52.7 Å². The predicted octanol–water partition coefficient (Wildman–Crippen LogP) is 2.21. The van der Waals surface area contributed by atoms with Crippen molar-refractivity contribution >= 4 is 28.8 Å². The Morgan fingerprint density at radius 1 is 1.13 bits per heavy atom. The summed E-state index contributed by atoms with van der Waals surface area (Å²) in [4.78, 5) is 43.3. The average molecular weight is 422 g/mol. The zero-order valence-electron chi connectivity index (χ0n) is 17.9. The van der Waals surface area contributed by atoms with Gasteiger partial charge in [0.2, 0.25) is 11.6 Å². The van der Waals surface area contributed by atoms with E-state index < -0.39 is 0 Å². The van der Waals surface area contributed by atoms with Gasteiger partial charge in [-0.1, -0.05) is 13.8 Å². The van der Waals surface area contributed by atoms with Gasteiger partial charge in [-0.2, -0.15) is 0 Å². The van der Waals surface area contributed by atoms with Gasteiger partial charge in [0.1, 0.15) is 6.54 Å². The molecule has 0 spiro atoms. The van der Waals surface area contributed by atoms with Gasteiger partial charge in [-0.05, 0) is 49.4 Å². The summed E-state index contributed by atoms with van der Waals surface area (Å²) in [5.41, 5.74) is 1.17. The Balaban J connectivity index is 1.56. The van der Waals surface area contributed by atoms with E-state index in [4.69, 9.17) is 0 Å². The third-order valence-electron chi connectivity index (χ3n) is 5.52. The van der Waals surface area contributed by atoms with Crippen LogP contribution < -0.4 is 15.9 Å². The summed E-state index contributed by atoms with van der Waals surface area (Å²) in [6.07, 6.45) is 4.32. The van der Waals surface area contributed by atoms with E-state index in [1.54, 1.807) is 36.7 Å². The van der Waals surface area contributed by atoms with Crippen LogP contribution in [0.15, 0.2) is 41.5 Å². The number of anilines is 2. The molecule has 0 radical (unpaired) electrons. The number of piperidine rings is 1. The number of rotatable bonds is 5. The fourth-order valence-electron chi connectivity index (χ4n) is 4.22. The van der Waals surface area contributed by atoms with Crippen LogP contribution in [0.5, 0.6) is 0 Å². The summed E-state index contributed by atoms with van der Waals surface area (Å²) in [5, 5.41) is 7.15. The lowest BCUT2D eigenvalue weighted by Gasteiger charge is -2.35. The van der Waals surface area contributed by atoms with E-state index in [-0.39, 0.29) is 23.9 Å². The molecule has 4 rings (SSSR count). The molecule has 1 aliphatic heterocycles. The standard InChI is InChI=1S/C22H26N6O3/c1-14-10-15(2)12-26(11-14)20-21-25-28(22(31)27(21)9-8-23-20)13-19(30)24-18-6-4-17(5-7-18)16(3)29/h4-9,14-15H,10-13H2,1-3H3,(H,24,30). The van der Waals surface area contributed by atoms with E-state index >= 15 is 0 Å². The summed E-state index contributed by atoms with van der Waals surface area (Å²) in [5.74, 6) is 1.29. The van der Waals surface area contributed by atoms with Crippen LogP contribution in [0.4, 0.5) is 11.5 Å². The summed E-state index contributed by atoms with van der Waals surface area (Å²) in [6.45, 7) is 7.39. The summed E-state index contributed by atoms with van der Waals surface area (Å²) >= 11 is 0. The smallest absolute Gasteiger partial charge is 0.350 e. The van der Waals surface area contributed by atoms with Crippen LogP contribution >= 0.6 is 0 Å². The van der Waals surface area contributed by atoms with Crippen LogP contribution in [0, 0.1) is 11.8 Å². The Morgan fingerprint density at radius 3 is 2.45 bits per heavy atom. The molecule has 1 amide bonds. The Hall–Kier alpha value is -3.49. The van der Waals surface area contributed by atoms with Crippen molar-refractivity contribution in [2.24, 2.45) is 11.8 Å². The third kappa shape index (κ3) is 4.35. The van der Waals surface area contributed by atoms with Crippen LogP contribution in [0.25, 0.3) is 5.65 Å². The molecule has 2 unspecified atom stereocenters. The summed E-state index contributed by atoms with van der Waals surface area (Å²) in [7, 11) is 0. The number of hydrogen-bond acceptors (Lipinski definition) is 6. The first kappa shape index (κ1) is 20.8. The van der Waals surface area contributed by atoms with Crippen molar-refractivity contribution < 1.29 is 9.59 Å². The van der Waals surface area contributed by atoms with Gasteiger partial charge in [0, 0.05) is 36.7 Å². The molecule has 31 heavy (non-hydrogen) atoms. The summed E-state index contributed by atoms with van der Waals surface area (Å²) in [6, 6.07) is 6.60. The van der Waals surface area contributed by atoms with E-state index in [1.165, 1.54) is 11.3 Å². The van der Waals surface area contributed by atoms with E-state index in [2.05, 4.69) is 34.1 Å². The third-order valence-corrected chi connectivity index (χ3v) is 5.52. The molecule has 0 bridgehead atoms. The summed E-state index contributed by atoms with van der Waals surface area (Å²) < 4.78 is 2.58. The molecule has 2 aromatic heterocycles. The number of carbonyl (C=O) groups is 2. The van der Waals surface area contributed by atoms with Crippen molar-refractivity contribution in [2.75, 3.05) is 23.3 Å². The molecule has 3 aromatic rings. The molecule has 1 N–H and O–H groups in total. The number of carbonyl (C=O) groups excluding carboxylic acids is 2. The van der Waals surface area contributed by atoms with Gasteiger partial charge in [-0.3, -0.25) is 9.59 Å². The minimum atomic E-state index is -0.390. The fraction of sp³-hybridized carbons (Fsp3) is 0.409. The van der Waals surface area contributed by atoms with E-state index in [0.717, 1.165) is 24.2 Å². The molecule has 1 fully saturated rings. The number of aromatic nitrogens is 4. The van der Waals surface area contributed by atoms with E-state index in [0.29, 0.717) is 34.6 Å². The molecular weight excluding hydrogens is 396 g/mol. The van der Waals surface area contributed by atoms with Crippen LogP contribution in [0.2, 0.25) is 0 Å². The molecule has 2 atom stereocenters. The van der Waals surface area contributed by atoms with Crippen molar-refractivity contribution in [1.29, 1.82) is 0 Å². The van der Waals surface area contributed by atoms with Gasteiger partial charge in [0.15, 0.2) is 11.6 Å². The first-order chi connectivity index (χ1) is 14.8. The van der Waals surface area contributed by atoms with Crippen molar-refractivity contribution in [2.45, 2.75) is 33.7 Å². The second-order valence-electron chi connectivity index (χ2n) is 8.42. The largest absolute Gasteiger partial charge is 0.353 e. The minimum Gasteiger partial charge on any atom is -0.353 e. The first-order valence-corrected chi connectivity index (χ1v) is 10.4. The topological polar surface area (TPSA) is 102 Å². The lowest BCUT2D eigenvalue weighted by Crippen LogP contribution is -2.39. The van der Waals surface area contributed by atoms with Gasteiger partial charge < -0.3 is 10.2 Å². The maximum atomic E-state index is 12.8. The number of amides is 1. The molecule has 162 valence electrons. The number of nitrogens with one attached hydrogen (secondary N) is 1. The van der Waals surface area contributed by atoms with Crippen LogP contribution in [0.1, 0.15) is 37.6 Å². The lowest BCUT2D eigenvalue weighted by molar-refractivity contribution is -0.117. The van der Waals surface area contributed by atoms with Crippen molar-refractivity contribution in [3.63, 3.8) is 0 Å². The van der Waals surface area contributed by atoms with Gasteiger partial charge in [-0.15, -0.1) is 5.10 Å².